The van der Waals surface area contributed by atoms with Gasteiger partial charge in [-0.2, -0.15) is 0 Å². The molecule has 94 valence electrons. The van der Waals surface area contributed by atoms with Crippen molar-refractivity contribution in [1.82, 2.24) is 9.97 Å². The monoisotopic (exact) mass is 243 g/mol. The van der Waals surface area contributed by atoms with E-state index in [0.29, 0.717) is 0 Å². The van der Waals surface area contributed by atoms with Crippen LogP contribution in [0.4, 0.5) is 17.2 Å². The molecule has 0 saturated carbocycles. The summed E-state index contributed by atoms with van der Waals surface area (Å²) in [5.41, 5.74) is 3.65. The maximum absolute atomic E-state index is 4.53. The first-order chi connectivity index (χ1) is 8.78. The topological polar surface area (TPSA) is 61.9 Å². The summed E-state index contributed by atoms with van der Waals surface area (Å²) in [6.45, 7) is 0. The molecule has 0 saturated heterocycles. The van der Waals surface area contributed by atoms with E-state index >= 15 is 0 Å². The third-order valence-corrected chi connectivity index (χ3v) is 2.72. The van der Waals surface area contributed by atoms with Crippen molar-refractivity contribution in [2.24, 2.45) is 0 Å². The van der Waals surface area contributed by atoms with Gasteiger partial charge in [-0.1, -0.05) is 0 Å². The zero-order valence-corrected chi connectivity index (χ0v) is 10.8. The maximum atomic E-state index is 4.53. The number of aromatic nitrogens is 2. The van der Waals surface area contributed by atoms with Gasteiger partial charge in [0, 0.05) is 21.1 Å². The molecule has 0 atom stereocenters. The fraction of sp³-hybridized carbons (Fsp3) is 0.231. The molecule has 5 heteroatoms. The Hall–Kier alpha value is -2.30. The van der Waals surface area contributed by atoms with Crippen molar-refractivity contribution in [3.05, 3.63) is 30.5 Å². The number of hydrogen-bond donors (Lipinski definition) is 3. The van der Waals surface area contributed by atoms with Crippen LogP contribution in [0.3, 0.4) is 0 Å². The molecule has 5 nitrogen and oxygen atoms in total. The lowest BCUT2D eigenvalue weighted by molar-refractivity contribution is 1.23. The number of rotatable bonds is 4. The normalized spacial score (nSPS) is 9.94. The van der Waals surface area contributed by atoms with Crippen molar-refractivity contribution in [1.29, 1.82) is 0 Å². The molecule has 2 heterocycles. The third-order valence-electron chi connectivity index (χ3n) is 2.72. The van der Waals surface area contributed by atoms with Crippen LogP contribution >= 0.6 is 0 Å². The SMILES string of the molecule is CNc1ccc(-c2ccc(NC)c(NC)n2)nc1. The maximum Gasteiger partial charge on any atom is 0.149 e. The highest BCUT2D eigenvalue weighted by Gasteiger charge is 2.05. The summed E-state index contributed by atoms with van der Waals surface area (Å²) in [6.07, 6.45) is 1.79. The minimum absolute atomic E-state index is 0.814. The zero-order chi connectivity index (χ0) is 13.0. The molecule has 0 aromatic carbocycles. The van der Waals surface area contributed by atoms with Crippen molar-refractivity contribution < 1.29 is 0 Å². The van der Waals surface area contributed by atoms with E-state index in [2.05, 4.69) is 25.9 Å². The van der Waals surface area contributed by atoms with E-state index in [1.807, 2.05) is 45.4 Å². The molecule has 18 heavy (non-hydrogen) atoms. The van der Waals surface area contributed by atoms with E-state index in [1.54, 1.807) is 6.20 Å². The van der Waals surface area contributed by atoms with Crippen molar-refractivity contribution in [2.75, 3.05) is 37.1 Å². The molecule has 0 bridgehead atoms. The van der Waals surface area contributed by atoms with E-state index in [-0.39, 0.29) is 0 Å². The Labute approximate surface area is 107 Å². The van der Waals surface area contributed by atoms with Crippen LogP contribution in [0.15, 0.2) is 30.5 Å². The molecule has 2 aromatic heterocycles. The highest BCUT2D eigenvalue weighted by atomic mass is 15.0. The Kier molecular flexibility index (Phi) is 3.62. The summed E-state index contributed by atoms with van der Waals surface area (Å²) < 4.78 is 0. The van der Waals surface area contributed by atoms with Crippen molar-refractivity contribution >= 4 is 17.2 Å². The molecule has 0 radical (unpaired) electrons. The lowest BCUT2D eigenvalue weighted by atomic mass is 10.2. The molecule has 2 aromatic rings. The first kappa shape index (κ1) is 12.2. The highest BCUT2D eigenvalue weighted by Crippen LogP contribution is 2.23. The molecule has 3 N–H and O–H groups in total. The second kappa shape index (κ2) is 5.35. The fourth-order valence-electron chi connectivity index (χ4n) is 1.69. The lowest BCUT2D eigenvalue weighted by Crippen LogP contribution is -2.00. The summed E-state index contributed by atoms with van der Waals surface area (Å²) in [7, 11) is 5.59. The van der Waals surface area contributed by atoms with Gasteiger partial charge < -0.3 is 16.0 Å². The van der Waals surface area contributed by atoms with Crippen LogP contribution in [0.5, 0.6) is 0 Å². The number of nitrogens with zero attached hydrogens (tertiary/aromatic N) is 2. The summed E-state index contributed by atoms with van der Waals surface area (Å²) in [5, 5.41) is 9.19. The van der Waals surface area contributed by atoms with E-state index < -0.39 is 0 Å². The van der Waals surface area contributed by atoms with Gasteiger partial charge in [0.15, 0.2) is 0 Å². The summed E-state index contributed by atoms with van der Waals surface area (Å²) in [4.78, 5) is 8.91. The Morgan fingerprint density at radius 2 is 1.61 bits per heavy atom. The van der Waals surface area contributed by atoms with Gasteiger partial charge in [-0.05, 0) is 24.3 Å². The molecule has 0 amide bonds. The largest absolute Gasteiger partial charge is 0.387 e. The minimum atomic E-state index is 0.814. The van der Waals surface area contributed by atoms with Crippen molar-refractivity contribution in [2.45, 2.75) is 0 Å². The summed E-state index contributed by atoms with van der Waals surface area (Å²) in [5.74, 6) is 0.814. The quantitative estimate of drug-likeness (QED) is 0.769. The standard InChI is InChI=1S/C13H17N5/c1-14-9-4-5-10(17-8-9)11-6-7-12(15-2)13(16-3)18-11/h4-8,14-15H,1-3H3,(H,16,18). The Morgan fingerprint density at radius 1 is 0.833 bits per heavy atom. The number of nitrogens with one attached hydrogen (secondary N) is 3. The van der Waals surface area contributed by atoms with Crippen LogP contribution in [-0.4, -0.2) is 31.1 Å². The minimum Gasteiger partial charge on any atom is -0.387 e. The van der Waals surface area contributed by atoms with Gasteiger partial charge in [-0.15, -0.1) is 0 Å². The second-order valence-electron chi connectivity index (χ2n) is 3.77. The summed E-state index contributed by atoms with van der Waals surface area (Å²) >= 11 is 0. The molecular weight excluding hydrogens is 226 g/mol. The van der Waals surface area contributed by atoms with Gasteiger partial charge >= 0.3 is 0 Å². The predicted molar refractivity (Wildman–Crippen MR) is 76.1 cm³/mol. The van der Waals surface area contributed by atoms with Crippen LogP contribution in [0.1, 0.15) is 0 Å². The average molecular weight is 243 g/mol. The Morgan fingerprint density at radius 3 is 2.17 bits per heavy atom. The van der Waals surface area contributed by atoms with Crippen LogP contribution in [0, 0.1) is 0 Å². The molecule has 0 unspecified atom stereocenters. The zero-order valence-electron chi connectivity index (χ0n) is 10.8. The molecule has 0 aliphatic heterocycles. The van der Waals surface area contributed by atoms with Crippen LogP contribution < -0.4 is 16.0 Å². The first-order valence-electron chi connectivity index (χ1n) is 5.79. The second-order valence-corrected chi connectivity index (χ2v) is 3.77. The molecule has 0 fully saturated rings. The summed E-state index contributed by atoms with van der Waals surface area (Å²) in [6, 6.07) is 7.87. The van der Waals surface area contributed by atoms with Crippen molar-refractivity contribution in [3.63, 3.8) is 0 Å². The van der Waals surface area contributed by atoms with Gasteiger partial charge in [0.1, 0.15) is 5.82 Å². The predicted octanol–water partition coefficient (Wildman–Crippen LogP) is 2.27. The highest BCUT2D eigenvalue weighted by molar-refractivity contribution is 5.69. The van der Waals surface area contributed by atoms with Gasteiger partial charge in [-0.25, -0.2) is 4.98 Å². The lowest BCUT2D eigenvalue weighted by Gasteiger charge is -2.09. The molecule has 0 aliphatic rings. The first-order valence-corrected chi connectivity index (χ1v) is 5.79. The van der Waals surface area contributed by atoms with E-state index in [4.69, 9.17) is 0 Å². The molecule has 2 rings (SSSR count). The molecular formula is C13H17N5. The average Bonchev–Trinajstić information content (AvgIpc) is 2.46. The van der Waals surface area contributed by atoms with E-state index in [9.17, 15) is 0 Å². The fourth-order valence-corrected chi connectivity index (χ4v) is 1.69. The van der Waals surface area contributed by atoms with Gasteiger partial charge in [0.05, 0.1) is 29.0 Å². The molecule has 0 aliphatic carbocycles. The van der Waals surface area contributed by atoms with Crippen molar-refractivity contribution in [3.8, 4) is 11.4 Å². The Bertz CT molecular complexity index is 521. The van der Waals surface area contributed by atoms with E-state index in [0.717, 1.165) is 28.6 Å². The Balaban J connectivity index is 2.37. The van der Waals surface area contributed by atoms with Crippen LogP contribution in [0.2, 0.25) is 0 Å². The number of hydrogen-bond acceptors (Lipinski definition) is 5. The van der Waals surface area contributed by atoms with Gasteiger partial charge in [0.25, 0.3) is 0 Å². The van der Waals surface area contributed by atoms with Crippen LogP contribution in [-0.2, 0) is 0 Å². The third kappa shape index (κ3) is 2.34. The smallest absolute Gasteiger partial charge is 0.149 e. The number of pyridine rings is 2. The van der Waals surface area contributed by atoms with E-state index in [1.165, 1.54) is 0 Å². The van der Waals surface area contributed by atoms with Crippen LogP contribution in [0.25, 0.3) is 11.4 Å². The van der Waals surface area contributed by atoms with Gasteiger partial charge in [-0.3, -0.25) is 4.98 Å². The number of anilines is 3. The van der Waals surface area contributed by atoms with Gasteiger partial charge in [0.2, 0.25) is 0 Å². The molecule has 0 spiro atoms.